The summed E-state index contributed by atoms with van der Waals surface area (Å²) in [4.78, 5) is 1.51. The molecule has 18 heavy (non-hydrogen) atoms. The highest BCUT2D eigenvalue weighted by atomic mass is 16.5. The Labute approximate surface area is 109 Å². The number of aliphatic hydroxyl groups is 1. The van der Waals surface area contributed by atoms with E-state index in [4.69, 9.17) is 4.74 Å². The first kappa shape index (κ1) is 13.4. The normalized spacial score (nSPS) is 17.9. The molecule has 1 aromatic carbocycles. The molecule has 1 aliphatic heterocycles. The van der Waals surface area contributed by atoms with Crippen LogP contribution in [0.3, 0.4) is 0 Å². The number of rotatable bonds is 5. The Bertz CT molecular complexity index is 366. The first-order valence-corrected chi connectivity index (χ1v) is 6.87. The third kappa shape index (κ3) is 3.47. The van der Waals surface area contributed by atoms with Gasteiger partial charge in [0.15, 0.2) is 0 Å². The summed E-state index contributed by atoms with van der Waals surface area (Å²) in [6.45, 7) is 7.68. The van der Waals surface area contributed by atoms with E-state index in [1.807, 2.05) is 32.0 Å². The van der Waals surface area contributed by atoms with E-state index in [0.29, 0.717) is 6.61 Å². The summed E-state index contributed by atoms with van der Waals surface area (Å²) in [6, 6.07) is 6.11. The molecular weight excluding hydrogens is 226 g/mol. The molecule has 1 fully saturated rings. The lowest BCUT2D eigenvalue weighted by Gasteiger charge is -2.18. The van der Waals surface area contributed by atoms with Gasteiger partial charge >= 0.3 is 0 Å². The summed E-state index contributed by atoms with van der Waals surface area (Å²) in [5.74, 6) is 0.924. The van der Waals surface area contributed by atoms with Crippen LogP contribution in [0.15, 0.2) is 18.2 Å². The highest BCUT2D eigenvalue weighted by molar-refractivity contribution is 5.39. The van der Waals surface area contributed by atoms with Crippen molar-refractivity contribution in [3.05, 3.63) is 29.3 Å². The molecule has 1 saturated heterocycles. The fourth-order valence-corrected chi connectivity index (χ4v) is 2.68. The van der Waals surface area contributed by atoms with Gasteiger partial charge in [-0.2, -0.15) is 0 Å². The summed E-state index contributed by atoms with van der Waals surface area (Å²) in [6.07, 6.45) is 2.22. The highest BCUT2D eigenvalue weighted by Crippen LogP contribution is 2.22. The molecule has 2 rings (SSSR count). The third-order valence-corrected chi connectivity index (χ3v) is 3.66. The van der Waals surface area contributed by atoms with Crippen LogP contribution in [0, 0.1) is 13.8 Å². The molecule has 2 N–H and O–H groups in total. The third-order valence-electron chi connectivity index (χ3n) is 3.66. The van der Waals surface area contributed by atoms with Gasteiger partial charge in [0.2, 0.25) is 0 Å². The Balaban J connectivity index is 1.83. The molecule has 1 unspecified atom stereocenters. The number of benzene rings is 1. The molecule has 0 spiro atoms. The lowest BCUT2D eigenvalue weighted by atomic mass is 10.1. The smallest absolute Gasteiger partial charge is 0.137 e. The van der Waals surface area contributed by atoms with E-state index in [0.717, 1.165) is 23.4 Å². The molecule has 1 heterocycles. The van der Waals surface area contributed by atoms with Crippen molar-refractivity contribution in [1.82, 2.24) is 0 Å². The predicted molar refractivity (Wildman–Crippen MR) is 72.2 cm³/mol. The first-order valence-electron chi connectivity index (χ1n) is 6.87. The number of hydrogen-bond donors (Lipinski definition) is 2. The number of quaternary nitrogens is 1. The van der Waals surface area contributed by atoms with Crippen LogP contribution < -0.4 is 9.64 Å². The van der Waals surface area contributed by atoms with Gasteiger partial charge in [-0.05, 0) is 25.0 Å². The van der Waals surface area contributed by atoms with Crippen LogP contribution in [-0.2, 0) is 0 Å². The zero-order valence-electron chi connectivity index (χ0n) is 11.4. The molecule has 3 nitrogen and oxygen atoms in total. The second-order valence-corrected chi connectivity index (χ2v) is 5.35. The van der Waals surface area contributed by atoms with Gasteiger partial charge in [-0.1, -0.05) is 18.2 Å². The van der Waals surface area contributed by atoms with E-state index >= 15 is 0 Å². The zero-order chi connectivity index (χ0) is 13.0. The molecule has 0 amide bonds. The fourth-order valence-electron chi connectivity index (χ4n) is 2.68. The Morgan fingerprint density at radius 3 is 2.44 bits per heavy atom. The van der Waals surface area contributed by atoms with Crippen molar-refractivity contribution < 1.29 is 14.7 Å². The van der Waals surface area contributed by atoms with E-state index in [1.165, 1.54) is 30.8 Å². The Hall–Kier alpha value is -1.06. The average molecular weight is 250 g/mol. The van der Waals surface area contributed by atoms with Gasteiger partial charge in [0.1, 0.15) is 25.0 Å². The number of nitrogens with one attached hydrogen (secondary N) is 1. The van der Waals surface area contributed by atoms with Gasteiger partial charge in [0.25, 0.3) is 0 Å². The van der Waals surface area contributed by atoms with Gasteiger partial charge in [-0.3, -0.25) is 0 Å². The molecule has 1 atom stereocenters. The van der Waals surface area contributed by atoms with Crippen molar-refractivity contribution in [2.75, 3.05) is 26.2 Å². The van der Waals surface area contributed by atoms with Gasteiger partial charge < -0.3 is 14.7 Å². The lowest BCUT2D eigenvalue weighted by molar-refractivity contribution is -0.890. The molecule has 0 saturated carbocycles. The van der Waals surface area contributed by atoms with Gasteiger partial charge in [0.05, 0.1) is 13.1 Å². The first-order chi connectivity index (χ1) is 8.66. The Morgan fingerprint density at radius 1 is 1.22 bits per heavy atom. The van der Waals surface area contributed by atoms with Crippen LogP contribution in [0.2, 0.25) is 0 Å². The summed E-state index contributed by atoms with van der Waals surface area (Å²) in [7, 11) is 0. The van der Waals surface area contributed by atoms with Crippen molar-refractivity contribution in [3.63, 3.8) is 0 Å². The molecular formula is C15H24NO2+. The molecule has 100 valence electrons. The summed E-state index contributed by atoms with van der Waals surface area (Å²) < 4.78 is 5.78. The summed E-state index contributed by atoms with van der Waals surface area (Å²) in [5, 5.41) is 10.0. The predicted octanol–water partition coefficient (Wildman–Crippen LogP) is 0.722. The standard InChI is InChI=1S/C15H23NO2/c1-12-6-5-7-13(2)15(12)18-11-14(17)10-16-8-3-4-9-16/h5-7,14,17H,3-4,8-11H2,1-2H3/p+1. The van der Waals surface area contributed by atoms with E-state index in [-0.39, 0.29) is 6.10 Å². The maximum atomic E-state index is 10.0. The fraction of sp³-hybridized carbons (Fsp3) is 0.600. The van der Waals surface area contributed by atoms with Crippen LogP contribution in [0.4, 0.5) is 0 Å². The van der Waals surface area contributed by atoms with Crippen LogP contribution in [0.25, 0.3) is 0 Å². The number of hydrogen-bond acceptors (Lipinski definition) is 2. The minimum Gasteiger partial charge on any atom is -0.490 e. The molecule has 0 bridgehead atoms. The molecule has 0 radical (unpaired) electrons. The van der Waals surface area contributed by atoms with E-state index in [9.17, 15) is 5.11 Å². The molecule has 0 aromatic heterocycles. The molecule has 0 aliphatic carbocycles. The van der Waals surface area contributed by atoms with Crippen molar-refractivity contribution in [1.29, 1.82) is 0 Å². The second kappa shape index (κ2) is 6.21. The molecule has 3 heteroatoms. The van der Waals surface area contributed by atoms with Crippen LogP contribution in [0.5, 0.6) is 5.75 Å². The van der Waals surface area contributed by atoms with Gasteiger partial charge in [0, 0.05) is 12.8 Å². The Kier molecular flexibility index (Phi) is 4.61. The lowest BCUT2D eigenvalue weighted by Crippen LogP contribution is -3.11. The number of ether oxygens (including phenoxy) is 1. The number of aryl methyl sites for hydroxylation is 2. The van der Waals surface area contributed by atoms with Crippen LogP contribution in [0.1, 0.15) is 24.0 Å². The summed E-state index contributed by atoms with van der Waals surface area (Å²) in [5.41, 5.74) is 2.27. The number of likely N-dealkylation sites (tertiary alicyclic amines) is 1. The van der Waals surface area contributed by atoms with Gasteiger partial charge in [-0.15, -0.1) is 0 Å². The van der Waals surface area contributed by atoms with E-state index in [2.05, 4.69) is 0 Å². The minimum atomic E-state index is -0.364. The molecule has 1 aliphatic rings. The van der Waals surface area contributed by atoms with Crippen molar-refractivity contribution in [2.24, 2.45) is 0 Å². The Morgan fingerprint density at radius 2 is 1.83 bits per heavy atom. The largest absolute Gasteiger partial charge is 0.490 e. The minimum absolute atomic E-state index is 0.364. The van der Waals surface area contributed by atoms with Crippen LogP contribution >= 0.6 is 0 Å². The maximum absolute atomic E-state index is 10.0. The monoisotopic (exact) mass is 250 g/mol. The van der Waals surface area contributed by atoms with E-state index < -0.39 is 0 Å². The summed E-state index contributed by atoms with van der Waals surface area (Å²) >= 11 is 0. The topological polar surface area (TPSA) is 33.9 Å². The number of aliphatic hydroxyl groups excluding tert-OH is 1. The second-order valence-electron chi connectivity index (χ2n) is 5.35. The van der Waals surface area contributed by atoms with Crippen LogP contribution in [-0.4, -0.2) is 37.5 Å². The van der Waals surface area contributed by atoms with E-state index in [1.54, 1.807) is 0 Å². The quantitative estimate of drug-likeness (QED) is 0.807. The van der Waals surface area contributed by atoms with Crippen molar-refractivity contribution >= 4 is 0 Å². The van der Waals surface area contributed by atoms with Gasteiger partial charge in [-0.25, -0.2) is 0 Å². The number of para-hydroxylation sites is 1. The average Bonchev–Trinajstić information content (AvgIpc) is 2.81. The highest BCUT2D eigenvalue weighted by Gasteiger charge is 2.19. The van der Waals surface area contributed by atoms with Crippen molar-refractivity contribution in [2.45, 2.75) is 32.8 Å². The zero-order valence-corrected chi connectivity index (χ0v) is 11.4. The molecule has 1 aromatic rings. The maximum Gasteiger partial charge on any atom is 0.137 e. The van der Waals surface area contributed by atoms with Crippen molar-refractivity contribution in [3.8, 4) is 5.75 Å². The SMILES string of the molecule is Cc1cccc(C)c1OCC(O)C[NH+]1CCCC1.